The first-order valence-corrected chi connectivity index (χ1v) is 11.5. The first-order valence-electron chi connectivity index (χ1n) is 11.1. The van der Waals surface area contributed by atoms with E-state index in [2.05, 4.69) is 0 Å². The highest BCUT2D eigenvalue weighted by atomic mass is 35.5. The number of ether oxygens (including phenoxy) is 1. The molecular weight excluding hydrogens is 456 g/mol. The number of esters is 1. The Morgan fingerprint density at radius 2 is 1.79 bits per heavy atom. The maximum absolute atomic E-state index is 13.4. The van der Waals surface area contributed by atoms with Gasteiger partial charge in [-0.2, -0.15) is 0 Å². The molecule has 0 bridgehead atoms. The molecule has 2 aromatic carbocycles. The summed E-state index contributed by atoms with van der Waals surface area (Å²) in [6, 6.07) is 12.6. The molecule has 0 aliphatic carbocycles. The van der Waals surface area contributed by atoms with E-state index < -0.39 is 17.9 Å². The number of imide groups is 1. The van der Waals surface area contributed by atoms with Crippen molar-refractivity contribution in [3.8, 4) is 5.75 Å². The van der Waals surface area contributed by atoms with Crippen LogP contribution in [0.4, 0.5) is 5.69 Å². The quantitative estimate of drug-likeness (QED) is 0.330. The maximum Gasteiger partial charge on any atom is 0.308 e. The largest absolute Gasteiger partial charge is 0.427 e. The Kier molecular flexibility index (Phi) is 7.77. The SMILES string of the molecule is CC(=O)Oc1ccc(N2C(=O)CC(N(CCc3cccc(Cl)c3)C(=O)CC(C)(C)C)C2=O)cc1. The van der Waals surface area contributed by atoms with E-state index in [0.717, 1.165) is 10.5 Å². The van der Waals surface area contributed by atoms with Gasteiger partial charge >= 0.3 is 5.97 Å². The normalized spacial score (nSPS) is 16.0. The summed E-state index contributed by atoms with van der Waals surface area (Å²) in [6.07, 6.45) is 0.666. The summed E-state index contributed by atoms with van der Waals surface area (Å²) in [7, 11) is 0. The zero-order valence-corrected chi connectivity index (χ0v) is 20.6. The van der Waals surface area contributed by atoms with Gasteiger partial charge in [0, 0.05) is 24.9 Å². The summed E-state index contributed by atoms with van der Waals surface area (Å²) in [6.45, 7) is 7.45. The predicted octanol–water partition coefficient (Wildman–Crippen LogP) is 4.40. The van der Waals surface area contributed by atoms with Crippen LogP contribution in [0.15, 0.2) is 48.5 Å². The van der Waals surface area contributed by atoms with Crippen LogP contribution in [-0.4, -0.2) is 41.2 Å². The fraction of sp³-hybridized carbons (Fsp3) is 0.385. The van der Waals surface area contributed by atoms with Crippen LogP contribution in [0.5, 0.6) is 5.75 Å². The highest BCUT2D eigenvalue weighted by Crippen LogP contribution is 2.29. The molecule has 0 saturated carbocycles. The molecule has 0 N–H and O–H groups in total. The summed E-state index contributed by atoms with van der Waals surface area (Å²) >= 11 is 6.09. The second kappa shape index (κ2) is 10.4. The molecule has 0 radical (unpaired) electrons. The second-order valence-electron chi connectivity index (χ2n) is 9.58. The summed E-state index contributed by atoms with van der Waals surface area (Å²) in [5.74, 6) is -1.15. The van der Waals surface area contributed by atoms with Crippen molar-refractivity contribution in [2.75, 3.05) is 11.4 Å². The molecular formula is C26H29ClN2O5. The molecule has 1 saturated heterocycles. The first kappa shape index (κ1) is 25.4. The molecule has 0 spiro atoms. The van der Waals surface area contributed by atoms with E-state index in [1.807, 2.05) is 39.0 Å². The lowest BCUT2D eigenvalue weighted by Gasteiger charge is -2.30. The third-order valence-corrected chi connectivity index (χ3v) is 5.62. The van der Waals surface area contributed by atoms with Gasteiger partial charge in [0.15, 0.2) is 0 Å². The van der Waals surface area contributed by atoms with Crippen LogP contribution in [0.25, 0.3) is 0 Å². The fourth-order valence-corrected chi connectivity index (χ4v) is 4.12. The monoisotopic (exact) mass is 484 g/mol. The van der Waals surface area contributed by atoms with Gasteiger partial charge in [-0.15, -0.1) is 0 Å². The van der Waals surface area contributed by atoms with Crippen LogP contribution >= 0.6 is 11.6 Å². The van der Waals surface area contributed by atoms with Gasteiger partial charge in [0.25, 0.3) is 5.91 Å². The maximum atomic E-state index is 13.4. The molecule has 180 valence electrons. The first-order chi connectivity index (χ1) is 15.9. The van der Waals surface area contributed by atoms with E-state index in [-0.39, 0.29) is 36.6 Å². The number of hydrogen-bond acceptors (Lipinski definition) is 5. The third kappa shape index (κ3) is 6.44. The molecule has 3 amide bonds. The minimum absolute atomic E-state index is 0.0873. The van der Waals surface area contributed by atoms with Gasteiger partial charge in [0.05, 0.1) is 12.1 Å². The van der Waals surface area contributed by atoms with Crippen LogP contribution in [-0.2, 0) is 25.6 Å². The van der Waals surface area contributed by atoms with Crippen LogP contribution in [0.3, 0.4) is 0 Å². The summed E-state index contributed by atoms with van der Waals surface area (Å²) < 4.78 is 5.02. The van der Waals surface area contributed by atoms with E-state index in [1.165, 1.54) is 24.0 Å². The Bertz CT molecular complexity index is 1090. The van der Waals surface area contributed by atoms with Crippen molar-refractivity contribution in [3.63, 3.8) is 0 Å². The lowest BCUT2D eigenvalue weighted by molar-refractivity contribution is -0.139. The van der Waals surface area contributed by atoms with E-state index >= 15 is 0 Å². The summed E-state index contributed by atoms with van der Waals surface area (Å²) in [4.78, 5) is 53.2. The molecule has 7 nitrogen and oxygen atoms in total. The Labute approximate surface area is 204 Å². The van der Waals surface area contributed by atoms with Gasteiger partial charge in [-0.3, -0.25) is 19.2 Å². The number of carbonyl (C=O) groups is 4. The molecule has 3 rings (SSSR count). The zero-order chi connectivity index (χ0) is 25.0. The van der Waals surface area contributed by atoms with Crippen molar-refractivity contribution in [1.29, 1.82) is 0 Å². The Balaban J connectivity index is 1.83. The van der Waals surface area contributed by atoms with Crippen molar-refractivity contribution < 1.29 is 23.9 Å². The molecule has 1 aliphatic rings. The number of amides is 3. The number of nitrogens with zero attached hydrogens (tertiary/aromatic N) is 2. The van der Waals surface area contributed by atoms with Crippen LogP contribution < -0.4 is 9.64 Å². The molecule has 2 aromatic rings. The van der Waals surface area contributed by atoms with Crippen molar-refractivity contribution in [2.45, 2.75) is 53.0 Å². The Hall–Kier alpha value is -3.19. The van der Waals surface area contributed by atoms with Gasteiger partial charge in [-0.1, -0.05) is 44.5 Å². The molecule has 0 aromatic heterocycles. The van der Waals surface area contributed by atoms with E-state index in [1.54, 1.807) is 18.2 Å². The average molecular weight is 485 g/mol. The Morgan fingerprint density at radius 1 is 1.12 bits per heavy atom. The number of rotatable bonds is 7. The molecule has 8 heteroatoms. The van der Waals surface area contributed by atoms with Gasteiger partial charge in [-0.05, 0) is 53.8 Å². The zero-order valence-electron chi connectivity index (χ0n) is 19.8. The highest BCUT2D eigenvalue weighted by molar-refractivity contribution is 6.30. The molecule has 34 heavy (non-hydrogen) atoms. The van der Waals surface area contributed by atoms with Gasteiger partial charge < -0.3 is 9.64 Å². The molecule has 1 heterocycles. The number of halogens is 1. The predicted molar refractivity (Wildman–Crippen MR) is 130 cm³/mol. The summed E-state index contributed by atoms with van der Waals surface area (Å²) in [5, 5.41) is 0.598. The highest BCUT2D eigenvalue weighted by Gasteiger charge is 2.44. The Morgan fingerprint density at radius 3 is 2.38 bits per heavy atom. The van der Waals surface area contributed by atoms with E-state index in [4.69, 9.17) is 16.3 Å². The van der Waals surface area contributed by atoms with Crippen molar-refractivity contribution in [2.24, 2.45) is 5.41 Å². The van der Waals surface area contributed by atoms with Gasteiger partial charge in [0.1, 0.15) is 11.8 Å². The van der Waals surface area contributed by atoms with Crippen LogP contribution in [0.1, 0.15) is 46.1 Å². The van der Waals surface area contributed by atoms with Gasteiger partial charge in [-0.25, -0.2) is 4.90 Å². The molecule has 1 fully saturated rings. The minimum atomic E-state index is -0.880. The number of hydrogen-bond donors (Lipinski definition) is 0. The summed E-state index contributed by atoms with van der Waals surface area (Å²) in [5.41, 5.74) is 1.03. The number of carbonyl (C=O) groups excluding carboxylic acids is 4. The standard InChI is InChI=1S/C26H29ClN2O5/c1-17(30)34-21-10-8-20(9-11-21)29-23(31)15-22(25(29)33)28(24(32)16-26(2,3)4)13-12-18-6-5-7-19(27)14-18/h5-11,14,22H,12-13,15-16H2,1-4H3. The van der Waals surface area contributed by atoms with E-state index in [0.29, 0.717) is 22.9 Å². The lowest BCUT2D eigenvalue weighted by Crippen LogP contribution is -2.47. The molecule has 1 unspecified atom stereocenters. The topological polar surface area (TPSA) is 84.0 Å². The lowest BCUT2D eigenvalue weighted by atomic mass is 9.91. The second-order valence-corrected chi connectivity index (χ2v) is 10.0. The number of anilines is 1. The van der Waals surface area contributed by atoms with Crippen LogP contribution in [0.2, 0.25) is 5.02 Å². The van der Waals surface area contributed by atoms with Crippen molar-refractivity contribution in [3.05, 3.63) is 59.1 Å². The van der Waals surface area contributed by atoms with Crippen molar-refractivity contribution in [1.82, 2.24) is 4.90 Å². The van der Waals surface area contributed by atoms with Crippen LogP contribution in [0, 0.1) is 5.41 Å². The smallest absolute Gasteiger partial charge is 0.308 e. The molecule has 1 aliphatic heterocycles. The van der Waals surface area contributed by atoms with Gasteiger partial charge in [0.2, 0.25) is 11.8 Å². The van der Waals surface area contributed by atoms with Crippen molar-refractivity contribution >= 4 is 41.0 Å². The number of benzene rings is 2. The minimum Gasteiger partial charge on any atom is -0.427 e. The fourth-order valence-electron chi connectivity index (χ4n) is 3.91. The van der Waals surface area contributed by atoms with E-state index in [9.17, 15) is 19.2 Å². The molecule has 1 atom stereocenters. The average Bonchev–Trinajstić information content (AvgIpc) is 3.01. The third-order valence-electron chi connectivity index (χ3n) is 5.39.